The lowest BCUT2D eigenvalue weighted by Crippen LogP contribution is -2.22. The minimum Gasteiger partial charge on any atom is -0.380 e. The summed E-state index contributed by atoms with van der Waals surface area (Å²) in [6.45, 7) is 5.50. The molecule has 86 valence electrons. The van der Waals surface area contributed by atoms with Crippen LogP contribution in [0, 0.1) is 0 Å². The number of fused-ring (bicyclic) bond motifs is 1. The van der Waals surface area contributed by atoms with Crippen molar-refractivity contribution in [2.75, 3.05) is 18.5 Å². The number of hydrogen-bond acceptors (Lipinski definition) is 5. The van der Waals surface area contributed by atoms with Crippen LogP contribution in [0.3, 0.4) is 0 Å². The van der Waals surface area contributed by atoms with Crippen molar-refractivity contribution in [3.63, 3.8) is 0 Å². The predicted octanol–water partition coefficient (Wildman–Crippen LogP) is 2.53. The summed E-state index contributed by atoms with van der Waals surface area (Å²) < 4.78 is 6.46. The summed E-state index contributed by atoms with van der Waals surface area (Å²) >= 11 is 1.65. The predicted molar refractivity (Wildman–Crippen MR) is 67.0 cm³/mol. The fourth-order valence-corrected chi connectivity index (χ4v) is 2.26. The van der Waals surface area contributed by atoms with Gasteiger partial charge in [-0.05, 0) is 25.3 Å². The smallest absolute Gasteiger partial charge is 0.147 e. The van der Waals surface area contributed by atoms with Gasteiger partial charge in [-0.2, -0.15) is 0 Å². The third-order valence-corrected chi connectivity index (χ3v) is 3.11. The minimum absolute atomic E-state index is 0.250. The Balaban J connectivity index is 2.11. The Kier molecular flexibility index (Phi) is 3.69. The zero-order valence-electron chi connectivity index (χ0n) is 9.43. The van der Waals surface area contributed by atoms with Crippen molar-refractivity contribution in [2.45, 2.75) is 19.9 Å². The first-order chi connectivity index (χ1) is 7.81. The number of thiophene rings is 1. The average molecular weight is 237 g/mol. The van der Waals surface area contributed by atoms with Crippen molar-refractivity contribution in [1.29, 1.82) is 0 Å². The highest BCUT2D eigenvalue weighted by Crippen LogP contribution is 2.25. The molecule has 0 aliphatic rings. The van der Waals surface area contributed by atoms with E-state index in [1.54, 1.807) is 17.7 Å². The molecule has 0 bridgehead atoms. The van der Waals surface area contributed by atoms with Gasteiger partial charge in [0.2, 0.25) is 0 Å². The van der Waals surface area contributed by atoms with E-state index in [1.807, 2.05) is 18.4 Å². The average Bonchev–Trinajstić information content (AvgIpc) is 2.75. The molecule has 4 nitrogen and oxygen atoms in total. The number of aromatic nitrogens is 2. The fraction of sp³-hybridized carbons (Fsp3) is 0.455. The van der Waals surface area contributed by atoms with E-state index in [0.29, 0.717) is 6.61 Å². The number of hydrogen-bond donors (Lipinski definition) is 1. The van der Waals surface area contributed by atoms with Gasteiger partial charge in [-0.15, -0.1) is 11.3 Å². The molecule has 1 unspecified atom stereocenters. The van der Waals surface area contributed by atoms with Crippen molar-refractivity contribution >= 4 is 27.4 Å². The lowest BCUT2D eigenvalue weighted by Gasteiger charge is -2.14. The maximum Gasteiger partial charge on any atom is 0.147 e. The molecule has 1 N–H and O–H groups in total. The number of nitrogens with one attached hydrogen (secondary N) is 1. The van der Waals surface area contributed by atoms with E-state index in [2.05, 4.69) is 22.2 Å². The van der Waals surface area contributed by atoms with Crippen LogP contribution >= 0.6 is 11.3 Å². The summed E-state index contributed by atoms with van der Waals surface area (Å²) in [5.41, 5.74) is 0.992. The quantitative estimate of drug-likeness (QED) is 0.868. The van der Waals surface area contributed by atoms with Crippen LogP contribution in [-0.4, -0.2) is 29.2 Å². The SMILES string of the molecule is CCOCC(C)Nc1ncnc2ccsc12. The van der Waals surface area contributed by atoms with Crippen LogP contribution < -0.4 is 5.32 Å². The highest BCUT2D eigenvalue weighted by atomic mass is 32.1. The van der Waals surface area contributed by atoms with Crippen LogP contribution in [0.15, 0.2) is 17.8 Å². The van der Waals surface area contributed by atoms with Crippen LogP contribution in [0.5, 0.6) is 0 Å². The summed E-state index contributed by atoms with van der Waals surface area (Å²) in [7, 11) is 0. The molecule has 0 aliphatic carbocycles. The maximum absolute atomic E-state index is 5.36. The summed E-state index contributed by atoms with van der Waals surface area (Å²) in [4.78, 5) is 8.46. The Hall–Kier alpha value is -1.20. The van der Waals surface area contributed by atoms with Gasteiger partial charge in [0.1, 0.15) is 12.1 Å². The number of nitrogens with zero attached hydrogens (tertiary/aromatic N) is 2. The van der Waals surface area contributed by atoms with E-state index < -0.39 is 0 Å². The Morgan fingerprint density at radius 1 is 1.50 bits per heavy atom. The summed E-state index contributed by atoms with van der Waals surface area (Å²) in [6.07, 6.45) is 1.59. The van der Waals surface area contributed by atoms with E-state index in [4.69, 9.17) is 4.74 Å². The summed E-state index contributed by atoms with van der Waals surface area (Å²) in [6, 6.07) is 2.25. The largest absolute Gasteiger partial charge is 0.380 e. The Morgan fingerprint density at radius 2 is 2.38 bits per heavy atom. The number of ether oxygens (including phenoxy) is 1. The van der Waals surface area contributed by atoms with Gasteiger partial charge in [-0.25, -0.2) is 9.97 Å². The molecule has 16 heavy (non-hydrogen) atoms. The van der Waals surface area contributed by atoms with Crippen LogP contribution in [0.25, 0.3) is 10.2 Å². The van der Waals surface area contributed by atoms with Crippen molar-refractivity contribution in [1.82, 2.24) is 9.97 Å². The van der Waals surface area contributed by atoms with E-state index in [-0.39, 0.29) is 6.04 Å². The van der Waals surface area contributed by atoms with Crippen LogP contribution in [-0.2, 0) is 4.74 Å². The van der Waals surface area contributed by atoms with Crippen LogP contribution in [0.2, 0.25) is 0 Å². The van der Waals surface area contributed by atoms with E-state index in [0.717, 1.165) is 22.6 Å². The topological polar surface area (TPSA) is 47.0 Å². The van der Waals surface area contributed by atoms with Gasteiger partial charge < -0.3 is 10.1 Å². The van der Waals surface area contributed by atoms with E-state index in [9.17, 15) is 0 Å². The molecule has 0 saturated heterocycles. The lowest BCUT2D eigenvalue weighted by atomic mass is 10.3. The molecule has 2 aromatic heterocycles. The molecule has 0 aliphatic heterocycles. The monoisotopic (exact) mass is 237 g/mol. The molecular weight excluding hydrogens is 222 g/mol. The van der Waals surface area contributed by atoms with Crippen molar-refractivity contribution in [3.8, 4) is 0 Å². The zero-order chi connectivity index (χ0) is 11.4. The second-order valence-corrected chi connectivity index (χ2v) is 4.48. The number of rotatable bonds is 5. The summed E-state index contributed by atoms with van der Waals surface area (Å²) in [5, 5.41) is 5.37. The second-order valence-electron chi connectivity index (χ2n) is 3.56. The Bertz CT molecular complexity index is 457. The second kappa shape index (κ2) is 5.23. The molecule has 0 aromatic carbocycles. The van der Waals surface area contributed by atoms with Gasteiger partial charge in [-0.1, -0.05) is 0 Å². The minimum atomic E-state index is 0.250. The van der Waals surface area contributed by atoms with Gasteiger partial charge >= 0.3 is 0 Å². The van der Waals surface area contributed by atoms with Gasteiger partial charge in [-0.3, -0.25) is 0 Å². The zero-order valence-corrected chi connectivity index (χ0v) is 10.3. The molecule has 0 amide bonds. The van der Waals surface area contributed by atoms with Gasteiger partial charge in [0.25, 0.3) is 0 Å². The molecule has 0 spiro atoms. The molecule has 0 radical (unpaired) electrons. The van der Waals surface area contributed by atoms with Gasteiger partial charge in [0.05, 0.1) is 16.8 Å². The first-order valence-corrected chi connectivity index (χ1v) is 6.21. The van der Waals surface area contributed by atoms with Crippen molar-refractivity contribution in [2.24, 2.45) is 0 Å². The molecular formula is C11H15N3OS. The first kappa shape index (κ1) is 11.3. The molecule has 2 rings (SSSR count). The van der Waals surface area contributed by atoms with Crippen LogP contribution in [0.4, 0.5) is 5.82 Å². The molecule has 0 fully saturated rings. The molecule has 0 saturated carbocycles. The highest BCUT2D eigenvalue weighted by Gasteiger charge is 2.07. The lowest BCUT2D eigenvalue weighted by molar-refractivity contribution is 0.141. The third-order valence-electron chi connectivity index (χ3n) is 2.20. The normalized spacial score (nSPS) is 12.9. The fourth-order valence-electron chi connectivity index (χ4n) is 1.46. The maximum atomic E-state index is 5.36. The molecule has 2 heterocycles. The van der Waals surface area contributed by atoms with Gasteiger partial charge in [0, 0.05) is 12.6 Å². The van der Waals surface area contributed by atoms with E-state index in [1.165, 1.54) is 0 Å². The Morgan fingerprint density at radius 3 is 3.19 bits per heavy atom. The number of anilines is 1. The molecule has 1 atom stereocenters. The third kappa shape index (κ3) is 2.48. The standard InChI is InChI=1S/C11H15N3OS/c1-3-15-6-8(2)14-11-10-9(4-5-16-10)12-7-13-11/h4-5,7-8H,3,6H2,1-2H3,(H,12,13,14). The summed E-state index contributed by atoms with van der Waals surface area (Å²) in [5.74, 6) is 0.896. The van der Waals surface area contributed by atoms with Crippen molar-refractivity contribution < 1.29 is 4.74 Å². The first-order valence-electron chi connectivity index (χ1n) is 5.33. The molecule has 5 heteroatoms. The van der Waals surface area contributed by atoms with Gasteiger partial charge in [0.15, 0.2) is 0 Å². The molecule has 2 aromatic rings. The van der Waals surface area contributed by atoms with Crippen molar-refractivity contribution in [3.05, 3.63) is 17.8 Å². The van der Waals surface area contributed by atoms with E-state index >= 15 is 0 Å². The van der Waals surface area contributed by atoms with Crippen LogP contribution in [0.1, 0.15) is 13.8 Å². The highest BCUT2D eigenvalue weighted by molar-refractivity contribution is 7.17. The Labute approximate surface area is 98.7 Å².